The molecule has 2 aliphatic rings. The molecule has 140 valence electrons. The number of carbonyl (C=O) groups is 1. The minimum Gasteiger partial charge on any atom is -0.458 e. The van der Waals surface area contributed by atoms with Crippen LogP contribution in [0.5, 0.6) is 0 Å². The van der Waals surface area contributed by atoms with Gasteiger partial charge in [0.25, 0.3) is 5.56 Å². The third-order valence-electron chi connectivity index (χ3n) is 5.77. The third kappa shape index (κ3) is 2.09. The fraction of sp³-hybridized carbons (Fsp3) is 0.227. The highest BCUT2D eigenvalue weighted by Gasteiger charge is 2.45. The van der Waals surface area contributed by atoms with Crippen LogP contribution in [0.1, 0.15) is 35.6 Å². The fourth-order valence-electron chi connectivity index (χ4n) is 4.12. The second-order valence-corrected chi connectivity index (χ2v) is 7.26. The zero-order valence-corrected chi connectivity index (χ0v) is 15.4. The van der Waals surface area contributed by atoms with Gasteiger partial charge in [0, 0.05) is 16.5 Å². The van der Waals surface area contributed by atoms with E-state index in [1.54, 1.807) is 23.6 Å². The maximum absolute atomic E-state index is 13.1. The molecule has 2 aromatic heterocycles. The van der Waals surface area contributed by atoms with Gasteiger partial charge < -0.3 is 14.4 Å². The van der Waals surface area contributed by atoms with Crippen molar-refractivity contribution in [2.45, 2.75) is 32.1 Å². The zero-order valence-electron chi connectivity index (χ0n) is 15.4. The summed E-state index contributed by atoms with van der Waals surface area (Å²) in [6, 6.07) is 9.66. The van der Waals surface area contributed by atoms with Gasteiger partial charge in [-0.1, -0.05) is 31.7 Å². The van der Waals surface area contributed by atoms with Crippen molar-refractivity contribution in [3.63, 3.8) is 0 Å². The van der Waals surface area contributed by atoms with Crippen LogP contribution in [0.25, 0.3) is 28.4 Å². The molecule has 0 radical (unpaired) electrons. The number of benzene rings is 1. The van der Waals surface area contributed by atoms with Crippen LogP contribution < -0.4 is 5.56 Å². The second-order valence-electron chi connectivity index (χ2n) is 7.26. The number of pyridine rings is 2. The van der Waals surface area contributed by atoms with E-state index < -0.39 is 11.6 Å². The highest BCUT2D eigenvalue weighted by molar-refractivity contribution is 5.87. The average Bonchev–Trinajstić information content (AvgIpc) is 3.07. The summed E-state index contributed by atoms with van der Waals surface area (Å²) >= 11 is 0. The maximum Gasteiger partial charge on any atom is 0.343 e. The Bertz CT molecular complexity index is 1260. The molecule has 0 saturated heterocycles. The number of hydrogen-bond donors (Lipinski definition) is 1. The molecule has 5 rings (SSSR count). The molecule has 0 aliphatic carbocycles. The van der Waals surface area contributed by atoms with Crippen molar-refractivity contribution >= 4 is 22.9 Å². The Balaban J connectivity index is 1.79. The van der Waals surface area contributed by atoms with E-state index in [1.807, 2.05) is 24.3 Å². The van der Waals surface area contributed by atoms with Crippen LogP contribution >= 0.6 is 0 Å². The summed E-state index contributed by atoms with van der Waals surface area (Å²) in [6.07, 6.45) is 1.89. The minimum absolute atomic E-state index is 0.121. The molecule has 0 fully saturated rings. The van der Waals surface area contributed by atoms with Crippen LogP contribution in [0.15, 0.2) is 41.7 Å². The maximum atomic E-state index is 13.1. The lowest BCUT2D eigenvalue weighted by molar-refractivity contribution is -0.172. The Labute approximate surface area is 160 Å². The van der Waals surface area contributed by atoms with E-state index in [-0.39, 0.29) is 18.6 Å². The van der Waals surface area contributed by atoms with E-state index in [9.17, 15) is 14.7 Å². The lowest BCUT2D eigenvalue weighted by atomic mass is 9.86. The molecule has 28 heavy (non-hydrogen) atoms. The van der Waals surface area contributed by atoms with E-state index in [0.717, 1.165) is 22.0 Å². The van der Waals surface area contributed by atoms with Gasteiger partial charge in [0.15, 0.2) is 5.60 Å². The van der Waals surface area contributed by atoms with E-state index in [1.165, 1.54) is 0 Å². The largest absolute Gasteiger partial charge is 0.458 e. The number of ether oxygens (including phenoxy) is 1. The Hall–Kier alpha value is -3.25. The number of aliphatic hydroxyl groups is 1. The molecule has 4 heterocycles. The number of rotatable bonds is 2. The highest BCUT2D eigenvalue weighted by Crippen LogP contribution is 2.38. The number of aromatic nitrogens is 2. The van der Waals surface area contributed by atoms with E-state index >= 15 is 0 Å². The van der Waals surface area contributed by atoms with Crippen molar-refractivity contribution < 1.29 is 14.6 Å². The molecule has 1 N–H and O–H groups in total. The van der Waals surface area contributed by atoms with Gasteiger partial charge >= 0.3 is 5.97 Å². The molecule has 1 aromatic carbocycles. The summed E-state index contributed by atoms with van der Waals surface area (Å²) in [5.74, 6) is -0.716. The van der Waals surface area contributed by atoms with E-state index in [0.29, 0.717) is 29.1 Å². The van der Waals surface area contributed by atoms with Gasteiger partial charge in [0.1, 0.15) is 6.61 Å². The molecule has 3 aromatic rings. The minimum atomic E-state index is -1.81. The van der Waals surface area contributed by atoms with Crippen LogP contribution in [0, 0.1) is 0 Å². The predicted octanol–water partition coefficient (Wildman–Crippen LogP) is 2.72. The Morgan fingerprint density at radius 1 is 1.32 bits per heavy atom. The van der Waals surface area contributed by atoms with Gasteiger partial charge in [-0.05, 0) is 30.2 Å². The summed E-state index contributed by atoms with van der Waals surface area (Å²) in [5, 5.41) is 11.9. The molecule has 6 nitrogen and oxygen atoms in total. The first-order chi connectivity index (χ1) is 13.5. The van der Waals surface area contributed by atoms with Crippen LogP contribution in [-0.4, -0.2) is 20.6 Å². The van der Waals surface area contributed by atoms with Crippen molar-refractivity contribution in [2.24, 2.45) is 0 Å². The first-order valence-electron chi connectivity index (χ1n) is 9.19. The number of hydrogen-bond acceptors (Lipinski definition) is 5. The quantitative estimate of drug-likeness (QED) is 0.546. The molecule has 0 spiro atoms. The summed E-state index contributed by atoms with van der Waals surface area (Å²) in [6.45, 7) is 5.77. The molecule has 6 heteroatoms. The molecular weight excluding hydrogens is 356 g/mol. The Morgan fingerprint density at radius 3 is 2.89 bits per heavy atom. The lowest BCUT2D eigenvalue weighted by Gasteiger charge is -2.31. The molecule has 0 amide bonds. The molecular formula is C22H18N2O4. The first kappa shape index (κ1) is 16.9. The van der Waals surface area contributed by atoms with Crippen molar-refractivity contribution in [1.82, 2.24) is 9.55 Å². The van der Waals surface area contributed by atoms with Crippen LogP contribution in [0.4, 0.5) is 0 Å². The van der Waals surface area contributed by atoms with Gasteiger partial charge in [-0.3, -0.25) is 4.79 Å². The van der Waals surface area contributed by atoms with Crippen LogP contribution in [-0.2, 0) is 28.3 Å². The van der Waals surface area contributed by atoms with E-state index in [4.69, 9.17) is 9.72 Å². The van der Waals surface area contributed by atoms with Crippen LogP contribution in [0.3, 0.4) is 0 Å². The smallest absolute Gasteiger partial charge is 0.343 e. The molecule has 2 aliphatic heterocycles. The summed E-state index contributed by atoms with van der Waals surface area (Å²) in [4.78, 5) is 30.1. The normalized spacial score (nSPS) is 19.7. The summed E-state index contributed by atoms with van der Waals surface area (Å²) in [7, 11) is 0. The lowest BCUT2D eigenvalue weighted by Crippen LogP contribution is -2.44. The SMILES string of the molecule is C=Cc1ccc2cc3c(nc2c1)-c1cc2c(c(=O)n1C3)COC(=O)[C@]2(O)CC. The molecule has 1 atom stereocenters. The monoisotopic (exact) mass is 374 g/mol. The predicted molar refractivity (Wildman–Crippen MR) is 105 cm³/mol. The number of esters is 1. The number of carbonyl (C=O) groups excluding carboxylic acids is 1. The van der Waals surface area contributed by atoms with Gasteiger partial charge in [0.05, 0.1) is 29.0 Å². The molecule has 0 bridgehead atoms. The number of cyclic esters (lactones) is 1. The highest BCUT2D eigenvalue weighted by atomic mass is 16.6. The molecule has 0 unspecified atom stereocenters. The summed E-state index contributed by atoms with van der Waals surface area (Å²) < 4.78 is 6.73. The van der Waals surface area contributed by atoms with Crippen LogP contribution in [0.2, 0.25) is 0 Å². The third-order valence-corrected chi connectivity index (χ3v) is 5.77. The number of fused-ring (bicyclic) bond motifs is 5. The van der Waals surface area contributed by atoms with Gasteiger partial charge in [-0.2, -0.15) is 0 Å². The van der Waals surface area contributed by atoms with E-state index in [2.05, 4.69) is 6.58 Å². The van der Waals surface area contributed by atoms with Gasteiger partial charge in [0.2, 0.25) is 0 Å². The summed E-state index contributed by atoms with van der Waals surface area (Å²) in [5.41, 5.74) is 2.63. The Morgan fingerprint density at radius 2 is 2.14 bits per heavy atom. The standard InChI is InChI=1S/C22H18N2O4/c1-3-12-5-6-13-8-14-10-24-18(19(14)23-17(13)7-12)9-16-15(20(24)25)11-28-21(26)22(16,27)4-2/h3,5-9,27H,1,4,10-11H2,2H3/t22-/m0/s1. The Kier molecular flexibility index (Phi) is 3.39. The number of nitrogens with zero attached hydrogens (tertiary/aromatic N) is 2. The van der Waals surface area contributed by atoms with Crippen molar-refractivity contribution in [1.29, 1.82) is 0 Å². The van der Waals surface area contributed by atoms with Gasteiger partial charge in [-0.15, -0.1) is 0 Å². The van der Waals surface area contributed by atoms with Crippen molar-refractivity contribution in [2.75, 3.05) is 0 Å². The zero-order chi connectivity index (χ0) is 19.6. The molecule has 0 saturated carbocycles. The second kappa shape index (κ2) is 5.62. The topological polar surface area (TPSA) is 81.4 Å². The first-order valence-corrected chi connectivity index (χ1v) is 9.19. The average molecular weight is 374 g/mol. The fourth-order valence-corrected chi connectivity index (χ4v) is 4.12. The van der Waals surface area contributed by atoms with Gasteiger partial charge in [-0.25, -0.2) is 9.78 Å². The van der Waals surface area contributed by atoms with Crippen molar-refractivity contribution in [3.8, 4) is 11.4 Å². The van der Waals surface area contributed by atoms with Crippen molar-refractivity contribution in [3.05, 3.63) is 69.5 Å².